The minimum Gasteiger partial charge on any atom is -0.324 e. The summed E-state index contributed by atoms with van der Waals surface area (Å²) < 4.78 is 0. The van der Waals surface area contributed by atoms with Crippen LogP contribution in [0.2, 0.25) is 5.02 Å². The molecule has 7 heteroatoms. The first-order valence-electron chi connectivity index (χ1n) is 6.17. The van der Waals surface area contributed by atoms with Gasteiger partial charge >= 0.3 is 0 Å². The summed E-state index contributed by atoms with van der Waals surface area (Å²) in [6, 6.07) is 9.15. The summed E-state index contributed by atoms with van der Waals surface area (Å²) in [5, 5.41) is 13.5. The topological polar surface area (TPSA) is 70.7 Å². The standard InChI is InChI=1S/C14H11ClN4OS/c1-8-4-5-9(15)7-10(8)16-14-17-13(20)12(18-19-14)11-3-2-6-21-11/h2-7H,1H3,(H2,16,17,19,20). The maximum absolute atomic E-state index is 12.1. The van der Waals surface area contributed by atoms with Crippen LogP contribution in [0.1, 0.15) is 5.56 Å². The van der Waals surface area contributed by atoms with Gasteiger partial charge in [0.1, 0.15) is 0 Å². The molecule has 0 radical (unpaired) electrons. The van der Waals surface area contributed by atoms with Gasteiger partial charge in [0.05, 0.1) is 4.88 Å². The number of aryl methyl sites for hydroxylation is 1. The fraction of sp³-hybridized carbons (Fsp3) is 0.0714. The van der Waals surface area contributed by atoms with Crippen molar-refractivity contribution in [3.05, 3.63) is 56.7 Å². The molecule has 3 rings (SSSR count). The van der Waals surface area contributed by atoms with Gasteiger partial charge in [-0.1, -0.05) is 23.7 Å². The van der Waals surface area contributed by atoms with E-state index in [0.29, 0.717) is 10.7 Å². The first-order chi connectivity index (χ1) is 10.1. The van der Waals surface area contributed by atoms with Crippen LogP contribution in [-0.2, 0) is 0 Å². The molecule has 0 aliphatic rings. The van der Waals surface area contributed by atoms with E-state index in [1.807, 2.05) is 30.5 Å². The Morgan fingerprint density at radius 1 is 1.29 bits per heavy atom. The molecule has 0 amide bonds. The van der Waals surface area contributed by atoms with E-state index in [0.717, 1.165) is 16.1 Å². The highest BCUT2D eigenvalue weighted by atomic mass is 35.5. The number of benzene rings is 1. The lowest BCUT2D eigenvalue weighted by molar-refractivity contribution is 0.964. The van der Waals surface area contributed by atoms with E-state index in [9.17, 15) is 4.79 Å². The van der Waals surface area contributed by atoms with Crippen LogP contribution in [0.15, 0.2) is 40.5 Å². The Labute approximate surface area is 129 Å². The summed E-state index contributed by atoms with van der Waals surface area (Å²) in [4.78, 5) is 15.5. The van der Waals surface area contributed by atoms with E-state index >= 15 is 0 Å². The summed E-state index contributed by atoms with van der Waals surface area (Å²) in [7, 11) is 0. The van der Waals surface area contributed by atoms with Gasteiger partial charge in [0.2, 0.25) is 5.95 Å². The number of thiophene rings is 1. The number of aromatic amines is 1. The van der Waals surface area contributed by atoms with Gasteiger partial charge in [-0.05, 0) is 36.1 Å². The third kappa shape index (κ3) is 2.96. The van der Waals surface area contributed by atoms with E-state index in [4.69, 9.17) is 11.6 Å². The molecular weight excluding hydrogens is 308 g/mol. The SMILES string of the molecule is Cc1ccc(Cl)cc1Nc1nnc(-c2cccs2)c(=O)[nH]1. The number of anilines is 2. The van der Waals surface area contributed by atoms with E-state index in [1.54, 1.807) is 12.1 Å². The number of halogens is 1. The van der Waals surface area contributed by atoms with Crippen LogP contribution < -0.4 is 10.9 Å². The summed E-state index contributed by atoms with van der Waals surface area (Å²) in [6.45, 7) is 1.93. The van der Waals surface area contributed by atoms with Crippen LogP contribution in [-0.4, -0.2) is 15.2 Å². The Kier molecular flexibility index (Phi) is 3.72. The van der Waals surface area contributed by atoms with Crippen LogP contribution in [0, 0.1) is 6.92 Å². The second kappa shape index (κ2) is 5.67. The average molecular weight is 319 g/mol. The second-order valence-corrected chi connectivity index (χ2v) is 5.80. The van der Waals surface area contributed by atoms with Crippen molar-refractivity contribution < 1.29 is 0 Å². The van der Waals surface area contributed by atoms with Crippen LogP contribution in [0.25, 0.3) is 10.6 Å². The molecule has 0 fully saturated rings. The Hall–Kier alpha value is -2.18. The van der Waals surface area contributed by atoms with Crippen LogP contribution in [0.5, 0.6) is 0 Å². The predicted molar refractivity (Wildman–Crippen MR) is 85.4 cm³/mol. The fourth-order valence-electron chi connectivity index (χ4n) is 1.82. The number of rotatable bonds is 3. The minimum absolute atomic E-state index is 0.283. The zero-order chi connectivity index (χ0) is 14.8. The highest BCUT2D eigenvalue weighted by molar-refractivity contribution is 7.13. The van der Waals surface area contributed by atoms with Gasteiger partial charge in [0.15, 0.2) is 5.69 Å². The van der Waals surface area contributed by atoms with Crippen molar-refractivity contribution >= 4 is 34.6 Å². The van der Waals surface area contributed by atoms with Gasteiger partial charge in [-0.2, -0.15) is 0 Å². The van der Waals surface area contributed by atoms with E-state index in [2.05, 4.69) is 20.5 Å². The molecule has 5 nitrogen and oxygen atoms in total. The largest absolute Gasteiger partial charge is 0.324 e. The average Bonchev–Trinajstić information content (AvgIpc) is 2.97. The number of H-pyrrole nitrogens is 1. The second-order valence-electron chi connectivity index (χ2n) is 4.41. The monoisotopic (exact) mass is 318 g/mol. The van der Waals surface area contributed by atoms with Gasteiger partial charge in [-0.15, -0.1) is 21.5 Å². The van der Waals surface area contributed by atoms with Crippen molar-refractivity contribution in [3.8, 4) is 10.6 Å². The Bertz CT molecular complexity index is 829. The molecule has 0 atom stereocenters. The Morgan fingerprint density at radius 2 is 2.14 bits per heavy atom. The van der Waals surface area contributed by atoms with Crippen molar-refractivity contribution in [2.75, 3.05) is 5.32 Å². The summed E-state index contributed by atoms with van der Waals surface area (Å²) in [6.07, 6.45) is 0. The molecule has 0 bridgehead atoms. The van der Waals surface area contributed by atoms with E-state index in [-0.39, 0.29) is 11.5 Å². The zero-order valence-corrected chi connectivity index (χ0v) is 12.6. The Morgan fingerprint density at radius 3 is 2.86 bits per heavy atom. The number of hydrogen-bond acceptors (Lipinski definition) is 5. The first-order valence-corrected chi connectivity index (χ1v) is 7.43. The van der Waals surface area contributed by atoms with Crippen LogP contribution in [0.4, 0.5) is 11.6 Å². The number of hydrogen-bond donors (Lipinski definition) is 2. The molecule has 106 valence electrons. The minimum atomic E-state index is -0.283. The van der Waals surface area contributed by atoms with Crippen LogP contribution in [0.3, 0.4) is 0 Å². The van der Waals surface area contributed by atoms with Crippen LogP contribution >= 0.6 is 22.9 Å². The molecule has 0 spiro atoms. The molecule has 2 aromatic heterocycles. The quantitative estimate of drug-likeness (QED) is 0.774. The number of nitrogens with one attached hydrogen (secondary N) is 2. The van der Waals surface area contributed by atoms with E-state index in [1.165, 1.54) is 11.3 Å². The van der Waals surface area contributed by atoms with Crippen molar-refractivity contribution in [3.63, 3.8) is 0 Å². The highest BCUT2D eigenvalue weighted by Gasteiger charge is 2.09. The van der Waals surface area contributed by atoms with Gasteiger partial charge in [-0.3, -0.25) is 9.78 Å². The normalized spacial score (nSPS) is 10.6. The number of nitrogens with zero attached hydrogens (tertiary/aromatic N) is 2. The molecule has 2 N–H and O–H groups in total. The van der Waals surface area contributed by atoms with Crippen molar-refractivity contribution in [1.29, 1.82) is 0 Å². The summed E-state index contributed by atoms with van der Waals surface area (Å²) >= 11 is 7.40. The first kappa shape index (κ1) is 13.8. The third-order valence-corrected chi connectivity index (χ3v) is 4.02. The Balaban J connectivity index is 1.93. The molecule has 0 aliphatic carbocycles. The van der Waals surface area contributed by atoms with Crippen molar-refractivity contribution in [1.82, 2.24) is 15.2 Å². The van der Waals surface area contributed by atoms with Gasteiger partial charge < -0.3 is 5.32 Å². The lowest BCUT2D eigenvalue weighted by atomic mass is 10.2. The molecule has 2 heterocycles. The lowest BCUT2D eigenvalue weighted by Gasteiger charge is -2.08. The predicted octanol–water partition coefficient (Wildman–Crippen LogP) is 3.60. The van der Waals surface area contributed by atoms with E-state index < -0.39 is 0 Å². The van der Waals surface area contributed by atoms with Crippen molar-refractivity contribution in [2.45, 2.75) is 6.92 Å². The zero-order valence-electron chi connectivity index (χ0n) is 11.1. The molecule has 1 aromatic carbocycles. The van der Waals surface area contributed by atoms with Crippen molar-refractivity contribution in [2.24, 2.45) is 0 Å². The fourth-order valence-corrected chi connectivity index (χ4v) is 2.70. The summed E-state index contributed by atoms with van der Waals surface area (Å²) in [5.74, 6) is 0.283. The van der Waals surface area contributed by atoms with Gasteiger partial charge in [0.25, 0.3) is 5.56 Å². The third-order valence-electron chi connectivity index (χ3n) is 2.90. The molecule has 21 heavy (non-hydrogen) atoms. The van der Waals surface area contributed by atoms with Gasteiger partial charge in [-0.25, -0.2) is 0 Å². The molecular formula is C14H11ClN4OS. The smallest absolute Gasteiger partial charge is 0.280 e. The van der Waals surface area contributed by atoms with Gasteiger partial charge in [0, 0.05) is 10.7 Å². The maximum Gasteiger partial charge on any atom is 0.280 e. The summed E-state index contributed by atoms with van der Waals surface area (Å²) in [5.41, 5.74) is 1.80. The molecule has 0 saturated carbocycles. The molecule has 0 saturated heterocycles. The maximum atomic E-state index is 12.1. The lowest BCUT2D eigenvalue weighted by Crippen LogP contribution is -2.15. The highest BCUT2D eigenvalue weighted by Crippen LogP contribution is 2.23. The molecule has 0 unspecified atom stereocenters. The molecule has 3 aromatic rings. The number of aromatic nitrogens is 3. The molecule has 0 aliphatic heterocycles.